The van der Waals surface area contributed by atoms with Crippen molar-refractivity contribution in [1.29, 1.82) is 5.53 Å². The van der Waals surface area contributed by atoms with Crippen molar-refractivity contribution in [2.24, 2.45) is 5.11 Å². The van der Waals surface area contributed by atoms with E-state index < -0.39 is 5.97 Å². The van der Waals surface area contributed by atoms with Crippen LogP contribution in [0.25, 0.3) is 16.8 Å². The minimum absolute atomic E-state index is 0.00569. The fourth-order valence-electron chi connectivity index (χ4n) is 1.81. The lowest BCUT2D eigenvalue weighted by Crippen LogP contribution is -2.02. The number of hydrogen-bond donors (Lipinski definition) is 1. The van der Waals surface area contributed by atoms with Crippen LogP contribution in [-0.4, -0.2) is 13.1 Å². The molecule has 0 unspecified atom stereocenters. The molecule has 0 heterocycles. The molecule has 0 spiro atoms. The van der Waals surface area contributed by atoms with Crippen molar-refractivity contribution >= 4 is 22.8 Å². The normalized spacial score (nSPS) is 10.9. The molecule has 0 aliphatic heterocycles. The summed E-state index contributed by atoms with van der Waals surface area (Å²) in [5, 5.41) is 5.53. The Balaban J connectivity index is 2.60. The second-order valence-electron chi connectivity index (χ2n) is 3.79. The van der Waals surface area contributed by atoms with Gasteiger partial charge < -0.3 is 4.74 Å². The highest BCUT2D eigenvalue weighted by Crippen LogP contribution is 2.21. The van der Waals surface area contributed by atoms with E-state index in [0.717, 1.165) is 16.3 Å². The molecule has 94 valence electrons. The lowest BCUT2D eigenvalue weighted by Gasteiger charge is -2.01. The van der Waals surface area contributed by atoms with Crippen molar-refractivity contribution in [3.05, 3.63) is 53.7 Å². The van der Waals surface area contributed by atoms with Gasteiger partial charge in [0.1, 0.15) is 5.53 Å². The number of hydrogen-bond acceptors (Lipinski definition) is 4. The number of carbonyl (C=O) groups is 1. The van der Waals surface area contributed by atoms with Crippen molar-refractivity contribution in [2.75, 3.05) is 7.11 Å². The molecule has 0 amide bonds. The van der Waals surface area contributed by atoms with Crippen LogP contribution in [0.4, 0.5) is 0 Å². The van der Waals surface area contributed by atoms with Crippen molar-refractivity contribution in [3.63, 3.8) is 0 Å². The largest absolute Gasteiger partial charge is 0.464 e. The van der Waals surface area contributed by atoms with Crippen molar-refractivity contribution in [1.82, 2.24) is 4.91 Å². The molecule has 0 radical (unpaired) electrons. The topological polar surface area (TPSA) is 76.6 Å². The fourth-order valence-corrected chi connectivity index (χ4v) is 1.81. The molecule has 2 aromatic carbocycles. The Hall–Kier alpha value is -2.78. The molecule has 19 heavy (non-hydrogen) atoms. The van der Waals surface area contributed by atoms with Crippen LogP contribution < -0.4 is 4.91 Å². The van der Waals surface area contributed by atoms with Crippen LogP contribution in [0.5, 0.6) is 0 Å². The second-order valence-corrected chi connectivity index (χ2v) is 3.79. The van der Waals surface area contributed by atoms with E-state index in [9.17, 15) is 4.79 Å². The summed E-state index contributed by atoms with van der Waals surface area (Å²) >= 11 is 0. The maximum absolute atomic E-state index is 11.5. The Morgan fingerprint density at radius 1 is 1.26 bits per heavy atom. The first-order valence-corrected chi connectivity index (χ1v) is 5.61. The number of fused-ring (bicyclic) bond motifs is 1. The molecule has 1 N–H and O–H groups in total. The number of nitrogens with one attached hydrogen (secondary N) is 1. The highest BCUT2D eigenvalue weighted by atomic mass is 16.5. The van der Waals surface area contributed by atoms with E-state index in [1.807, 2.05) is 42.5 Å². The first-order valence-electron chi connectivity index (χ1n) is 5.61. The Bertz CT molecular complexity index is 695. The average molecular weight is 254 g/mol. The molecule has 5 heteroatoms. The average Bonchev–Trinajstić information content (AvgIpc) is 2.46. The van der Waals surface area contributed by atoms with Crippen LogP contribution in [0.2, 0.25) is 0 Å². The Morgan fingerprint density at radius 2 is 2.00 bits per heavy atom. The van der Waals surface area contributed by atoms with E-state index in [2.05, 4.69) is 14.8 Å². The zero-order valence-corrected chi connectivity index (χ0v) is 10.3. The second kappa shape index (κ2) is 5.71. The van der Waals surface area contributed by atoms with Gasteiger partial charge in [-0.3, -0.25) is 0 Å². The van der Waals surface area contributed by atoms with Gasteiger partial charge in [0.15, 0.2) is 5.11 Å². The molecule has 0 bridgehead atoms. The molecule has 0 aliphatic carbocycles. The van der Waals surface area contributed by atoms with Crippen LogP contribution in [0.3, 0.4) is 0 Å². The quantitative estimate of drug-likeness (QED) is 0.395. The smallest absolute Gasteiger partial charge is 0.364 e. The summed E-state index contributed by atoms with van der Waals surface area (Å²) in [5.41, 5.74) is 7.56. The molecule has 2 aromatic rings. The summed E-state index contributed by atoms with van der Waals surface area (Å²) in [7, 11) is 1.26. The predicted octanol–water partition coefficient (Wildman–Crippen LogP) is 2.90. The molecule has 0 aromatic heterocycles. The maximum Gasteiger partial charge on any atom is 0.364 e. The van der Waals surface area contributed by atoms with Crippen molar-refractivity contribution < 1.29 is 9.53 Å². The van der Waals surface area contributed by atoms with Gasteiger partial charge >= 0.3 is 5.97 Å². The van der Waals surface area contributed by atoms with E-state index in [4.69, 9.17) is 5.53 Å². The van der Waals surface area contributed by atoms with Crippen LogP contribution in [-0.2, 0) is 9.53 Å². The van der Waals surface area contributed by atoms with Gasteiger partial charge in [0.05, 0.1) is 7.11 Å². The molecular formula is C14H12N3O2+. The molecule has 5 nitrogen and oxygen atoms in total. The van der Waals surface area contributed by atoms with E-state index in [1.54, 1.807) is 6.08 Å². The summed E-state index contributed by atoms with van der Waals surface area (Å²) in [6.07, 6.45) is 1.56. The summed E-state index contributed by atoms with van der Waals surface area (Å²) < 4.78 is 4.60. The number of esters is 1. The van der Waals surface area contributed by atoms with Crippen LogP contribution in [0, 0.1) is 5.53 Å². The number of ether oxygens (including phenoxy) is 1. The van der Waals surface area contributed by atoms with Crippen LogP contribution in [0.1, 0.15) is 5.56 Å². The minimum atomic E-state index is -0.621. The first kappa shape index (κ1) is 12.7. The van der Waals surface area contributed by atoms with Gasteiger partial charge in [0.25, 0.3) is 0 Å². The van der Waals surface area contributed by atoms with Crippen LogP contribution >= 0.6 is 0 Å². The third kappa shape index (κ3) is 2.73. The molecule has 0 fully saturated rings. The molecular weight excluding hydrogens is 242 g/mol. The van der Waals surface area contributed by atoms with Crippen molar-refractivity contribution in [3.8, 4) is 0 Å². The lowest BCUT2D eigenvalue weighted by molar-refractivity contribution is -0.136. The molecule has 0 saturated heterocycles. The SMILES string of the molecule is COC(=O)/C(=C\c1cccc2ccccc12)N=[N+]=N. The highest BCUT2D eigenvalue weighted by Gasteiger charge is 2.14. The Labute approximate surface area is 109 Å². The minimum Gasteiger partial charge on any atom is -0.464 e. The zero-order valence-electron chi connectivity index (χ0n) is 10.3. The van der Waals surface area contributed by atoms with Gasteiger partial charge in [-0.05, 0) is 22.4 Å². The van der Waals surface area contributed by atoms with Gasteiger partial charge in [0, 0.05) is 0 Å². The van der Waals surface area contributed by atoms with Crippen LogP contribution in [0.15, 0.2) is 53.3 Å². The predicted molar refractivity (Wildman–Crippen MR) is 71.2 cm³/mol. The van der Waals surface area contributed by atoms with E-state index >= 15 is 0 Å². The Morgan fingerprint density at radius 3 is 2.74 bits per heavy atom. The van der Waals surface area contributed by atoms with E-state index in [0.29, 0.717) is 0 Å². The van der Waals surface area contributed by atoms with Crippen molar-refractivity contribution in [2.45, 2.75) is 0 Å². The zero-order chi connectivity index (χ0) is 13.7. The molecule has 0 atom stereocenters. The van der Waals surface area contributed by atoms with Gasteiger partial charge in [-0.25, -0.2) is 4.79 Å². The molecule has 0 saturated carbocycles. The standard InChI is InChI=1S/C14H12N3O2/c1-19-14(18)13(16-17-15)9-11-7-4-6-10-5-2-3-8-12(10)11/h2-9,15H,1H3/q+1/b13-9+. The third-order valence-corrected chi connectivity index (χ3v) is 2.67. The van der Waals surface area contributed by atoms with Gasteiger partial charge in [0.2, 0.25) is 10.6 Å². The summed E-state index contributed by atoms with van der Waals surface area (Å²) in [5.74, 6) is -0.621. The first-order chi connectivity index (χ1) is 9.26. The monoisotopic (exact) mass is 254 g/mol. The van der Waals surface area contributed by atoms with Gasteiger partial charge in [-0.1, -0.05) is 42.5 Å². The highest BCUT2D eigenvalue weighted by molar-refractivity contribution is 5.97. The van der Waals surface area contributed by atoms with E-state index in [1.165, 1.54) is 7.11 Å². The Kier molecular flexibility index (Phi) is 3.81. The number of benzene rings is 2. The summed E-state index contributed by atoms with van der Waals surface area (Å²) in [6, 6.07) is 13.5. The van der Waals surface area contributed by atoms with Gasteiger partial charge in [-0.2, -0.15) is 0 Å². The number of nitrogens with zero attached hydrogens (tertiary/aromatic N) is 2. The fraction of sp³-hybridized carbons (Fsp3) is 0.0714. The lowest BCUT2D eigenvalue weighted by atomic mass is 10.0. The number of methoxy groups -OCH3 is 1. The maximum atomic E-state index is 11.5. The van der Waals surface area contributed by atoms with E-state index in [-0.39, 0.29) is 5.70 Å². The number of rotatable bonds is 3. The summed E-state index contributed by atoms with van der Waals surface area (Å²) in [6.45, 7) is 0. The van der Waals surface area contributed by atoms with Gasteiger partial charge in [-0.15, -0.1) is 0 Å². The summed E-state index contributed by atoms with van der Waals surface area (Å²) in [4.78, 5) is 14.4. The molecule has 2 rings (SSSR count). The molecule has 0 aliphatic rings. The third-order valence-electron chi connectivity index (χ3n) is 2.67. The number of carbonyl (C=O) groups excluding carboxylic acids is 1.